The normalized spacial score (nSPS) is 24.7. The Morgan fingerprint density at radius 2 is 1.28 bits per heavy atom. The monoisotopic (exact) mass is 254 g/mol. The van der Waals surface area contributed by atoms with Gasteiger partial charge in [-0.2, -0.15) is 0 Å². The van der Waals surface area contributed by atoms with Crippen molar-refractivity contribution in [3.8, 4) is 0 Å². The quantitative estimate of drug-likeness (QED) is 0.761. The van der Waals surface area contributed by atoms with Crippen molar-refractivity contribution in [1.82, 2.24) is 9.80 Å². The molecule has 108 valence electrons. The van der Waals surface area contributed by atoms with Gasteiger partial charge in [0.2, 0.25) is 0 Å². The standard InChI is InChI=1S/C14H28N2.C2H6/c1-3-8-16-11-6-14(7-12-16)13-4-9-15(2)10-5-13;1-2/h13-14H,3-12H2,1-2H3;1-2H3. The summed E-state index contributed by atoms with van der Waals surface area (Å²) in [6.45, 7) is 13.0. The lowest BCUT2D eigenvalue weighted by molar-refractivity contribution is 0.105. The fraction of sp³-hybridized carbons (Fsp3) is 1.00. The minimum absolute atomic E-state index is 1.04. The van der Waals surface area contributed by atoms with Gasteiger partial charge in [0.15, 0.2) is 0 Å². The van der Waals surface area contributed by atoms with Gasteiger partial charge in [0, 0.05) is 0 Å². The van der Waals surface area contributed by atoms with Crippen LogP contribution in [0.25, 0.3) is 0 Å². The van der Waals surface area contributed by atoms with Crippen LogP contribution in [-0.4, -0.2) is 49.6 Å². The summed E-state index contributed by atoms with van der Waals surface area (Å²) in [7, 11) is 2.26. The van der Waals surface area contributed by atoms with Crippen LogP contribution in [0.2, 0.25) is 0 Å². The summed E-state index contributed by atoms with van der Waals surface area (Å²) in [5.41, 5.74) is 0. The van der Waals surface area contributed by atoms with E-state index in [0.717, 1.165) is 11.8 Å². The van der Waals surface area contributed by atoms with Crippen LogP contribution in [0.3, 0.4) is 0 Å². The maximum absolute atomic E-state index is 2.66. The first-order chi connectivity index (χ1) is 8.79. The molecule has 0 aliphatic carbocycles. The molecule has 0 aromatic carbocycles. The molecule has 0 aromatic rings. The van der Waals surface area contributed by atoms with E-state index in [9.17, 15) is 0 Å². The van der Waals surface area contributed by atoms with E-state index in [1.807, 2.05) is 13.8 Å². The summed E-state index contributed by atoms with van der Waals surface area (Å²) in [6, 6.07) is 0. The fourth-order valence-corrected chi connectivity index (χ4v) is 3.46. The van der Waals surface area contributed by atoms with Crippen molar-refractivity contribution >= 4 is 0 Å². The number of rotatable bonds is 3. The Morgan fingerprint density at radius 1 is 0.833 bits per heavy atom. The Balaban J connectivity index is 0.000000771. The minimum atomic E-state index is 1.04. The molecule has 2 aliphatic rings. The predicted octanol–water partition coefficient (Wildman–Crippen LogP) is 3.48. The van der Waals surface area contributed by atoms with Crippen molar-refractivity contribution in [3.05, 3.63) is 0 Å². The molecule has 0 radical (unpaired) electrons. The summed E-state index contributed by atoms with van der Waals surface area (Å²) in [5, 5.41) is 0. The molecule has 0 unspecified atom stereocenters. The Labute approximate surface area is 115 Å². The van der Waals surface area contributed by atoms with Crippen LogP contribution < -0.4 is 0 Å². The lowest BCUT2D eigenvalue weighted by atomic mass is 9.79. The van der Waals surface area contributed by atoms with E-state index in [4.69, 9.17) is 0 Å². The second-order valence-corrected chi connectivity index (χ2v) is 5.82. The molecule has 2 saturated heterocycles. The molecule has 0 amide bonds. The molecule has 2 heteroatoms. The molecule has 2 heterocycles. The fourth-order valence-electron chi connectivity index (χ4n) is 3.46. The molecule has 0 N–H and O–H groups in total. The van der Waals surface area contributed by atoms with Gasteiger partial charge < -0.3 is 9.80 Å². The van der Waals surface area contributed by atoms with Crippen LogP contribution in [-0.2, 0) is 0 Å². The molecule has 2 aliphatic heterocycles. The van der Waals surface area contributed by atoms with Crippen LogP contribution in [0.4, 0.5) is 0 Å². The third kappa shape index (κ3) is 4.89. The Bertz CT molecular complexity index is 189. The molecule has 0 aromatic heterocycles. The average molecular weight is 254 g/mol. The lowest BCUT2D eigenvalue weighted by Gasteiger charge is -2.39. The molecule has 2 nitrogen and oxygen atoms in total. The zero-order valence-corrected chi connectivity index (χ0v) is 13.1. The van der Waals surface area contributed by atoms with E-state index >= 15 is 0 Å². The molecule has 0 saturated carbocycles. The Morgan fingerprint density at radius 3 is 1.72 bits per heavy atom. The summed E-state index contributed by atoms with van der Waals surface area (Å²) >= 11 is 0. The van der Waals surface area contributed by atoms with E-state index in [0.29, 0.717) is 0 Å². The Hall–Kier alpha value is -0.0800. The summed E-state index contributed by atoms with van der Waals surface area (Å²) in [6.07, 6.45) is 7.16. The third-order valence-electron chi connectivity index (χ3n) is 4.60. The van der Waals surface area contributed by atoms with Crippen molar-refractivity contribution in [2.45, 2.75) is 52.9 Å². The van der Waals surface area contributed by atoms with Crippen molar-refractivity contribution in [2.24, 2.45) is 11.8 Å². The van der Waals surface area contributed by atoms with Crippen molar-refractivity contribution in [1.29, 1.82) is 0 Å². The van der Waals surface area contributed by atoms with Crippen LogP contribution in [0, 0.1) is 11.8 Å². The average Bonchev–Trinajstić information content (AvgIpc) is 2.43. The highest BCUT2D eigenvalue weighted by Gasteiger charge is 2.28. The molecule has 18 heavy (non-hydrogen) atoms. The van der Waals surface area contributed by atoms with E-state index in [-0.39, 0.29) is 0 Å². The second-order valence-electron chi connectivity index (χ2n) is 5.82. The van der Waals surface area contributed by atoms with Crippen molar-refractivity contribution in [3.63, 3.8) is 0 Å². The van der Waals surface area contributed by atoms with Gasteiger partial charge in [0.05, 0.1) is 0 Å². The van der Waals surface area contributed by atoms with Gasteiger partial charge in [-0.15, -0.1) is 0 Å². The zero-order chi connectivity index (χ0) is 13.4. The van der Waals surface area contributed by atoms with E-state index in [2.05, 4.69) is 23.8 Å². The van der Waals surface area contributed by atoms with Crippen LogP contribution in [0.1, 0.15) is 52.9 Å². The molecule has 0 spiro atoms. The van der Waals surface area contributed by atoms with E-state index < -0.39 is 0 Å². The van der Waals surface area contributed by atoms with E-state index in [1.165, 1.54) is 64.8 Å². The predicted molar refractivity (Wildman–Crippen MR) is 81.0 cm³/mol. The highest BCUT2D eigenvalue weighted by Crippen LogP contribution is 2.32. The first-order valence-corrected chi connectivity index (χ1v) is 8.20. The summed E-state index contributed by atoms with van der Waals surface area (Å²) in [4.78, 5) is 5.15. The molecule has 0 bridgehead atoms. The molecular formula is C16H34N2. The van der Waals surface area contributed by atoms with Crippen molar-refractivity contribution in [2.75, 3.05) is 39.8 Å². The van der Waals surface area contributed by atoms with Gasteiger partial charge in [-0.25, -0.2) is 0 Å². The number of hydrogen-bond donors (Lipinski definition) is 0. The van der Waals surface area contributed by atoms with Crippen LogP contribution in [0.5, 0.6) is 0 Å². The molecule has 2 fully saturated rings. The second kappa shape index (κ2) is 8.92. The van der Waals surface area contributed by atoms with Gasteiger partial charge >= 0.3 is 0 Å². The van der Waals surface area contributed by atoms with Crippen molar-refractivity contribution < 1.29 is 0 Å². The molecular weight excluding hydrogens is 220 g/mol. The van der Waals surface area contributed by atoms with Gasteiger partial charge in [0.25, 0.3) is 0 Å². The Kier molecular flexibility index (Phi) is 7.92. The van der Waals surface area contributed by atoms with E-state index in [1.54, 1.807) is 0 Å². The smallest absolute Gasteiger partial charge is 0.00160 e. The largest absolute Gasteiger partial charge is 0.306 e. The highest BCUT2D eigenvalue weighted by atomic mass is 15.1. The SMILES string of the molecule is CC.CCCN1CCC(C2CCN(C)CC2)CC1. The summed E-state index contributed by atoms with van der Waals surface area (Å²) in [5.74, 6) is 2.08. The number of hydrogen-bond acceptors (Lipinski definition) is 2. The number of piperidine rings is 2. The topological polar surface area (TPSA) is 6.48 Å². The maximum Gasteiger partial charge on any atom is -0.00160 e. The third-order valence-corrected chi connectivity index (χ3v) is 4.60. The van der Waals surface area contributed by atoms with Gasteiger partial charge in [0.1, 0.15) is 0 Å². The maximum atomic E-state index is 2.66. The van der Waals surface area contributed by atoms with Crippen LogP contribution >= 0.6 is 0 Å². The van der Waals surface area contributed by atoms with Gasteiger partial charge in [-0.3, -0.25) is 0 Å². The van der Waals surface area contributed by atoms with Gasteiger partial charge in [-0.05, 0) is 83.7 Å². The minimum Gasteiger partial charge on any atom is -0.306 e. The first kappa shape index (κ1) is 16.0. The molecule has 0 atom stereocenters. The summed E-state index contributed by atoms with van der Waals surface area (Å²) < 4.78 is 0. The van der Waals surface area contributed by atoms with Crippen LogP contribution in [0.15, 0.2) is 0 Å². The number of nitrogens with zero attached hydrogens (tertiary/aromatic N) is 2. The first-order valence-electron chi connectivity index (χ1n) is 8.20. The highest BCUT2D eigenvalue weighted by molar-refractivity contribution is 4.81. The molecule has 2 rings (SSSR count). The number of likely N-dealkylation sites (tertiary alicyclic amines) is 2. The zero-order valence-electron chi connectivity index (χ0n) is 13.1. The van der Waals surface area contributed by atoms with Gasteiger partial charge in [-0.1, -0.05) is 20.8 Å². The lowest BCUT2D eigenvalue weighted by Crippen LogP contribution is -2.40.